The molecule has 0 aliphatic heterocycles. The molecule has 0 amide bonds. The predicted molar refractivity (Wildman–Crippen MR) is 72.5 cm³/mol. The number of rotatable bonds is 1. The van der Waals surface area contributed by atoms with Gasteiger partial charge in [-0.05, 0) is 23.8 Å². The summed E-state index contributed by atoms with van der Waals surface area (Å²) < 4.78 is 0. The summed E-state index contributed by atoms with van der Waals surface area (Å²) in [6, 6.07) is 10.6. The van der Waals surface area contributed by atoms with Crippen LogP contribution in [0.25, 0.3) is 0 Å². The highest BCUT2D eigenvalue weighted by Gasteiger charge is 2.09. The van der Waals surface area contributed by atoms with Crippen molar-refractivity contribution in [1.82, 2.24) is 0 Å². The maximum atomic E-state index is 2.26. The van der Waals surface area contributed by atoms with Crippen LogP contribution in [0.4, 0.5) is 0 Å². The van der Waals surface area contributed by atoms with Crippen molar-refractivity contribution in [3.8, 4) is 0 Å². The quantitative estimate of drug-likeness (QED) is 0.631. The third-order valence-corrected chi connectivity index (χ3v) is 2.23. The Kier molecular flexibility index (Phi) is 5.04. The van der Waals surface area contributed by atoms with E-state index in [-0.39, 0.29) is 0 Å². The fourth-order valence-corrected chi connectivity index (χ4v) is 1.60. The van der Waals surface area contributed by atoms with E-state index in [0.29, 0.717) is 5.41 Å². The van der Waals surface area contributed by atoms with Gasteiger partial charge in [0.1, 0.15) is 0 Å². The van der Waals surface area contributed by atoms with Crippen molar-refractivity contribution in [2.24, 2.45) is 5.41 Å². The number of allylic oxidation sites excluding steroid dienone is 4. The largest absolute Gasteiger partial charge is 0.0808 e. The molecule has 0 saturated heterocycles. The first-order chi connectivity index (χ1) is 7.58. The lowest BCUT2D eigenvalue weighted by Crippen LogP contribution is -2.08. The summed E-state index contributed by atoms with van der Waals surface area (Å²) in [7, 11) is 0. The second-order valence-electron chi connectivity index (χ2n) is 5.32. The van der Waals surface area contributed by atoms with Gasteiger partial charge in [0.2, 0.25) is 0 Å². The van der Waals surface area contributed by atoms with Gasteiger partial charge >= 0.3 is 0 Å². The molecule has 0 unspecified atom stereocenters. The van der Waals surface area contributed by atoms with Gasteiger partial charge in [0, 0.05) is 0 Å². The molecule has 0 radical (unpaired) electrons. The van der Waals surface area contributed by atoms with E-state index in [1.807, 2.05) is 0 Å². The van der Waals surface area contributed by atoms with Crippen LogP contribution in [-0.2, 0) is 6.42 Å². The van der Waals surface area contributed by atoms with Gasteiger partial charge in [-0.2, -0.15) is 0 Å². The maximum Gasteiger partial charge on any atom is -0.0163 e. The SMILES string of the molecule is C1=CCC=C1.CC(C)(C)Cc1ccccc1. The molecule has 1 aromatic rings. The summed E-state index contributed by atoms with van der Waals surface area (Å²) in [5.41, 5.74) is 1.83. The molecule has 16 heavy (non-hydrogen) atoms. The minimum atomic E-state index is 0.404. The third kappa shape index (κ3) is 6.23. The van der Waals surface area contributed by atoms with Crippen LogP contribution >= 0.6 is 0 Å². The summed E-state index contributed by atoms with van der Waals surface area (Å²) in [5, 5.41) is 0. The molecule has 0 saturated carbocycles. The van der Waals surface area contributed by atoms with Gasteiger partial charge in [-0.1, -0.05) is 75.4 Å². The van der Waals surface area contributed by atoms with Gasteiger partial charge < -0.3 is 0 Å². The molecule has 0 N–H and O–H groups in total. The van der Waals surface area contributed by atoms with E-state index in [2.05, 4.69) is 75.4 Å². The lowest BCUT2D eigenvalue weighted by Gasteiger charge is -2.17. The van der Waals surface area contributed by atoms with Crippen molar-refractivity contribution in [3.05, 3.63) is 60.2 Å². The van der Waals surface area contributed by atoms with Crippen LogP contribution in [0.5, 0.6) is 0 Å². The van der Waals surface area contributed by atoms with Gasteiger partial charge in [-0.15, -0.1) is 0 Å². The number of hydrogen-bond donors (Lipinski definition) is 0. The summed E-state index contributed by atoms with van der Waals surface area (Å²) in [5.74, 6) is 0. The van der Waals surface area contributed by atoms with E-state index in [0.717, 1.165) is 12.8 Å². The summed E-state index contributed by atoms with van der Waals surface area (Å²) in [6.45, 7) is 6.79. The van der Waals surface area contributed by atoms with Gasteiger partial charge in [-0.3, -0.25) is 0 Å². The van der Waals surface area contributed by atoms with Gasteiger partial charge in [-0.25, -0.2) is 0 Å². The van der Waals surface area contributed by atoms with E-state index in [4.69, 9.17) is 0 Å². The molecule has 86 valence electrons. The first-order valence-corrected chi connectivity index (χ1v) is 5.93. The van der Waals surface area contributed by atoms with E-state index in [1.54, 1.807) is 0 Å². The molecule has 0 bridgehead atoms. The van der Waals surface area contributed by atoms with Crippen LogP contribution in [0.1, 0.15) is 32.8 Å². The van der Waals surface area contributed by atoms with Crippen molar-refractivity contribution in [2.45, 2.75) is 33.6 Å². The first-order valence-electron chi connectivity index (χ1n) is 5.93. The van der Waals surface area contributed by atoms with Crippen LogP contribution in [0.3, 0.4) is 0 Å². The Balaban J connectivity index is 0.000000212. The average Bonchev–Trinajstić information content (AvgIpc) is 2.74. The van der Waals surface area contributed by atoms with Crippen molar-refractivity contribution >= 4 is 0 Å². The highest BCUT2D eigenvalue weighted by molar-refractivity contribution is 5.15. The fourth-order valence-electron chi connectivity index (χ4n) is 1.60. The summed E-state index contributed by atoms with van der Waals surface area (Å²) >= 11 is 0. The van der Waals surface area contributed by atoms with Crippen LogP contribution in [-0.4, -0.2) is 0 Å². The molecule has 0 heteroatoms. The minimum Gasteiger partial charge on any atom is -0.0808 e. The molecule has 1 aromatic carbocycles. The summed E-state index contributed by atoms with van der Waals surface area (Å²) in [4.78, 5) is 0. The zero-order valence-electron chi connectivity index (χ0n) is 10.6. The van der Waals surface area contributed by atoms with E-state index >= 15 is 0 Å². The second-order valence-corrected chi connectivity index (χ2v) is 5.32. The first kappa shape index (κ1) is 12.8. The standard InChI is InChI=1S/C11H16.C5H6/c1-11(2,3)9-10-7-5-4-6-8-10;1-2-4-5-3-1/h4-8H,9H2,1-3H3;1-4H,5H2. The second kappa shape index (κ2) is 6.32. The van der Waals surface area contributed by atoms with Crippen molar-refractivity contribution in [3.63, 3.8) is 0 Å². The van der Waals surface area contributed by atoms with Crippen LogP contribution in [0.2, 0.25) is 0 Å². The lowest BCUT2D eigenvalue weighted by molar-refractivity contribution is 0.411. The highest BCUT2D eigenvalue weighted by atomic mass is 14.1. The zero-order valence-corrected chi connectivity index (χ0v) is 10.6. The Morgan fingerprint density at radius 1 is 0.938 bits per heavy atom. The van der Waals surface area contributed by atoms with Gasteiger partial charge in [0.25, 0.3) is 0 Å². The Labute approximate surface area is 99.7 Å². The topological polar surface area (TPSA) is 0 Å². The number of benzene rings is 1. The Hall–Kier alpha value is -1.30. The molecule has 1 aliphatic carbocycles. The predicted octanol–water partition coefficient (Wildman–Crippen LogP) is 4.78. The molecule has 0 fully saturated rings. The highest BCUT2D eigenvalue weighted by Crippen LogP contribution is 2.19. The molecular weight excluding hydrogens is 192 g/mol. The molecule has 0 heterocycles. The smallest absolute Gasteiger partial charge is 0.0163 e. The van der Waals surface area contributed by atoms with Crippen molar-refractivity contribution in [1.29, 1.82) is 0 Å². The van der Waals surface area contributed by atoms with Crippen molar-refractivity contribution in [2.75, 3.05) is 0 Å². The molecular formula is C16H22. The molecule has 0 aromatic heterocycles. The van der Waals surface area contributed by atoms with E-state index in [9.17, 15) is 0 Å². The fraction of sp³-hybridized carbons (Fsp3) is 0.375. The maximum absolute atomic E-state index is 2.26. The Morgan fingerprint density at radius 2 is 1.50 bits per heavy atom. The Bertz CT molecular complexity index is 326. The molecule has 2 rings (SSSR count). The number of hydrogen-bond acceptors (Lipinski definition) is 0. The van der Waals surface area contributed by atoms with Crippen LogP contribution < -0.4 is 0 Å². The lowest BCUT2D eigenvalue weighted by atomic mass is 9.88. The third-order valence-electron chi connectivity index (χ3n) is 2.23. The summed E-state index contributed by atoms with van der Waals surface area (Å²) in [6.07, 6.45) is 10.7. The minimum absolute atomic E-state index is 0.404. The zero-order chi connectivity index (χ0) is 11.9. The van der Waals surface area contributed by atoms with E-state index < -0.39 is 0 Å². The normalized spacial score (nSPS) is 13.4. The van der Waals surface area contributed by atoms with Crippen LogP contribution in [0, 0.1) is 5.41 Å². The Morgan fingerprint density at radius 3 is 1.88 bits per heavy atom. The van der Waals surface area contributed by atoms with Gasteiger partial charge in [0.05, 0.1) is 0 Å². The average molecular weight is 214 g/mol. The monoisotopic (exact) mass is 214 g/mol. The molecule has 1 aliphatic rings. The van der Waals surface area contributed by atoms with Gasteiger partial charge in [0.15, 0.2) is 0 Å². The van der Waals surface area contributed by atoms with Crippen LogP contribution in [0.15, 0.2) is 54.6 Å². The molecule has 0 nitrogen and oxygen atoms in total. The van der Waals surface area contributed by atoms with E-state index in [1.165, 1.54) is 5.56 Å². The molecule has 0 spiro atoms. The van der Waals surface area contributed by atoms with Crippen molar-refractivity contribution < 1.29 is 0 Å². The molecule has 0 atom stereocenters.